The number of nitrogens with zero attached hydrogens (tertiary/aromatic N) is 1. The minimum absolute atomic E-state index is 0.0841. The van der Waals surface area contributed by atoms with Crippen LogP contribution in [0.4, 0.5) is 4.39 Å². The van der Waals surface area contributed by atoms with Gasteiger partial charge in [0.2, 0.25) is 5.91 Å². The van der Waals surface area contributed by atoms with E-state index in [0.717, 1.165) is 10.1 Å². The van der Waals surface area contributed by atoms with E-state index in [2.05, 4.69) is 15.3 Å². The third-order valence-corrected chi connectivity index (χ3v) is 4.93. The van der Waals surface area contributed by atoms with Crippen molar-refractivity contribution in [1.29, 1.82) is 0 Å². The van der Waals surface area contributed by atoms with Crippen molar-refractivity contribution in [1.82, 2.24) is 19.9 Å². The van der Waals surface area contributed by atoms with Crippen molar-refractivity contribution >= 4 is 16.9 Å². The Labute approximate surface area is 175 Å². The summed E-state index contributed by atoms with van der Waals surface area (Å²) in [5.41, 5.74) is 0.299. The van der Waals surface area contributed by atoms with Gasteiger partial charge >= 0.3 is 5.69 Å². The molecule has 0 aliphatic rings. The number of aromatic amines is 2. The summed E-state index contributed by atoms with van der Waals surface area (Å²) in [6.07, 6.45) is 1.45. The number of carbonyl (C=O) groups excluding carboxylic acids is 1. The average molecular weight is 422 g/mol. The van der Waals surface area contributed by atoms with Crippen molar-refractivity contribution in [3.8, 4) is 16.9 Å². The SMILES string of the molecule is COc1ccc(CNC(=O)Cn2c(=O)[nH]c3c(-c4ccccc4F)c[nH]c3c2=O)cc1. The predicted molar refractivity (Wildman–Crippen MR) is 113 cm³/mol. The number of methoxy groups -OCH3 is 1. The zero-order valence-electron chi connectivity index (χ0n) is 16.6. The zero-order chi connectivity index (χ0) is 22.0. The number of rotatable bonds is 6. The minimum atomic E-state index is -0.755. The van der Waals surface area contributed by atoms with Crippen LogP contribution in [0.15, 0.2) is 64.3 Å². The molecule has 2 heterocycles. The number of benzene rings is 2. The molecular weight excluding hydrogens is 403 g/mol. The number of hydrogen-bond donors (Lipinski definition) is 3. The van der Waals surface area contributed by atoms with E-state index in [4.69, 9.17) is 4.74 Å². The molecule has 0 unspecified atom stereocenters. The molecule has 8 nitrogen and oxygen atoms in total. The van der Waals surface area contributed by atoms with Gasteiger partial charge in [-0.2, -0.15) is 0 Å². The van der Waals surface area contributed by atoms with Crippen molar-refractivity contribution in [2.75, 3.05) is 7.11 Å². The molecule has 0 bridgehead atoms. The van der Waals surface area contributed by atoms with Gasteiger partial charge in [-0.3, -0.25) is 9.59 Å². The summed E-state index contributed by atoms with van der Waals surface area (Å²) >= 11 is 0. The fraction of sp³-hybridized carbons (Fsp3) is 0.136. The van der Waals surface area contributed by atoms with Gasteiger partial charge < -0.3 is 20.0 Å². The molecule has 158 valence electrons. The van der Waals surface area contributed by atoms with E-state index in [1.165, 1.54) is 12.3 Å². The monoisotopic (exact) mass is 422 g/mol. The van der Waals surface area contributed by atoms with Crippen LogP contribution >= 0.6 is 0 Å². The van der Waals surface area contributed by atoms with E-state index in [1.54, 1.807) is 49.6 Å². The summed E-state index contributed by atoms with van der Waals surface area (Å²) in [5, 5.41) is 2.67. The first-order chi connectivity index (χ1) is 15.0. The number of fused-ring (bicyclic) bond motifs is 1. The number of hydrogen-bond acceptors (Lipinski definition) is 4. The van der Waals surface area contributed by atoms with Crippen molar-refractivity contribution in [3.63, 3.8) is 0 Å². The fourth-order valence-corrected chi connectivity index (χ4v) is 3.30. The first kappa shape index (κ1) is 20.1. The van der Waals surface area contributed by atoms with Crippen molar-refractivity contribution in [3.05, 3.63) is 86.9 Å². The van der Waals surface area contributed by atoms with Crippen LogP contribution in [0.5, 0.6) is 5.75 Å². The van der Waals surface area contributed by atoms with E-state index >= 15 is 0 Å². The van der Waals surface area contributed by atoms with Crippen LogP contribution < -0.4 is 21.3 Å². The Balaban J connectivity index is 1.57. The molecule has 1 amide bonds. The van der Waals surface area contributed by atoms with Gasteiger partial charge in [0.25, 0.3) is 5.56 Å². The van der Waals surface area contributed by atoms with E-state index in [9.17, 15) is 18.8 Å². The smallest absolute Gasteiger partial charge is 0.329 e. The average Bonchev–Trinajstić information content (AvgIpc) is 3.19. The molecule has 0 fully saturated rings. The number of amides is 1. The summed E-state index contributed by atoms with van der Waals surface area (Å²) in [4.78, 5) is 43.0. The maximum absolute atomic E-state index is 14.2. The third-order valence-electron chi connectivity index (χ3n) is 4.93. The Morgan fingerprint density at radius 3 is 2.52 bits per heavy atom. The molecule has 2 aromatic carbocycles. The minimum Gasteiger partial charge on any atom is -0.497 e. The number of carbonyl (C=O) groups is 1. The standard InChI is InChI=1S/C22H19FN4O4/c1-31-14-8-6-13(7-9-14)10-24-18(28)12-27-21(29)20-19(26-22(27)30)16(11-25-20)15-4-2-3-5-17(15)23/h2-9,11,25H,10,12H2,1H3,(H,24,28)(H,26,30). The molecule has 0 saturated carbocycles. The number of nitrogens with one attached hydrogen (secondary N) is 3. The first-order valence-corrected chi connectivity index (χ1v) is 9.46. The Morgan fingerprint density at radius 1 is 1.06 bits per heavy atom. The largest absolute Gasteiger partial charge is 0.497 e. The second-order valence-electron chi connectivity index (χ2n) is 6.88. The van der Waals surface area contributed by atoms with E-state index in [-0.39, 0.29) is 23.1 Å². The van der Waals surface area contributed by atoms with Gasteiger partial charge in [0.1, 0.15) is 23.6 Å². The lowest BCUT2D eigenvalue weighted by atomic mass is 10.1. The molecule has 0 atom stereocenters. The second kappa shape index (κ2) is 8.31. The topological polar surface area (TPSA) is 109 Å². The number of ether oxygens (including phenoxy) is 1. The highest BCUT2D eigenvalue weighted by Crippen LogP contribution is 2.27. The number of halogens is 1. The first-order valence-electron chi connectivity index (χ1n) is 9.46. The molecule has 9 heteroatoms. The second-order valence-corrected chi connectivity index (χ2v) is 6.88. The Bertz CT molecular complexity index is 1370. The number of aromatic nitrogens is 3. The zero-order valence-corrected chi connectivity index (χ0v) is 16.6. The summed E-state index contributed by atoms with van der Waals surface area (Å²) in [6.45, 7) is -0.216. The molecule has 4 rings (SSSR count). The van der Waals surface area contributed by atoms with Gasteiger partial charge in [0, 0.05) is 23.9 Å². The van der Waals surface area contributed by atoms with Crippen LogP contribution in [-0.2, 0) is 17.9 Å². The lowest BCUT2D eigenvalue weighted by molar-refractivity contribution is -0.121. The summed E-state index contributed by atoms with van der Waals surface area (Å²) < 4.78 is 20.0. The fourth-order valence-electron chi connectivity index (χ4n) is 3.30. The number of H-pyrrole nitrogens is 2. The molecule has 4 aromatic rings. The van der Waals surface area contributed by atoms with Gasteiger partial charge in [0.15, 0.2) is 0 Å². The summed E-state index contributed by atoms with van der Waals surface area (Å²) in [6, 6.07) is 13.2. The van der Waals surface area contributed by atoms with Crippen molar-refractivity contribution < 1.29 is 13.9 Å². The van der Waals surface area contributed by atoms with Crippen molar-refractivity contribution in [2.45, 2.75) is 13.1 Å². The van der Waals surface area contributed by atoms with E-state index in [0.29, 0.717) is 11.3 Å². The molecule has 0 aliphatic carbocycles. The van der Waals surface area contributed by atoms with Gasteiger partial charge in [0.05, 0.1) is 12.6 Å². The van der Waals surface area contributed by atoms with Gasteiger partial charge in [-0.05, 0) is 23.8 Å². The van der Waals surface area contributed by atoms with Crippen LogP contribution in [0.3, 0.4) is 0 Å². The van der Waals surface area contributed by atoms with E-state index in [1.807, 2.05) is 0 Å². The molecule has 2 aromatic heterocycles. The summed E-state index contributed by atoms with van der Waals surface area (Å²) in [7, 11) is 1.56. The van der Waals surface area contributed by atoms with E-state index < -0.39 is 29.5 Å². The third kappa shape index (κ3) is 3.97. The maximum Gasteiger partial charge on any atom is 0.329 e. The lowest BCUT2D eigenvalue weighted by Gasteiger charge is -2.08. The van der Waals surface area contributed by atoms with Crippen molar-refractivity contribution in [2.24, 2.45) is 0 Å². The quantitative estimate of drug-likeness (QED) is 0.442. The highest BCUT2D eigenvalue weighted by Gasteiger charge is 2.17. The molecule has 3 N–H and O–H groups in total. The van der Waals surface area contributed by atoms with Crippen LogP contribution in [0, 0.1) is 5.82 Å². The normalized spacial score (nSPS) is 10.9. The summed E-state index contributed by atoms with van der Waals surface area (Å²) in [5.74, 6) is -0.280. The maximum atomic E-state index is 14.2. The highest BCUT2D eigenvalue weighted by molar-refractivity contribution is 5.92. The Morgan fingerprint density at radius 2 is 1.81 bits per heavy atom. The van der Waals surface area contributed by atoms with Crippen LogP contribution in [0.2, 0.25) is 0 Å². The molecule has 0 saturated heterocycles. The van der Waals surface area contributed by atoms with Gasteiger partial charge in [-0.25, -0.2) is 13.8 Å². The van der Waals surface area contributed by atoms with Crippen LogP contribution in [0.1, 0.15) is 5.56 Å². The highest BCUT2D eigenvalue weighted by atomic mass is 19.1. The lowest BCUT2D eigenvalue weighted by Crippen LogP contribution is -2.40. The Kier molecular flexibility index (Phi) is 5.40. The van der Waals surface area contributed by atoms with Crippen LogP contribution in [0.25, 0.3) is 22.2 Å². The predicted octanol–water partition coefficient (Wildman–Crippen LogP) is 2.15. The molecule has 0 radical (unpaired) electrons. The molecular formula is C22H19FN4O4. The molecule has 0 spiro atoms. The Hall–Kier alpha value is -4.14. The van der Waals surface area contributed by atoms with Crippen LogP contribution in [-0.4, -0.2) is 27.6 Å². The van der Waals surface area contributed by atoms with Gasteiger partial charge in [-0.15, -0.1) is 0 Å². The molecule has 31 heavy (non-hydrogen) atoms. The molecule has 0 aliphatic heterocycles. The van der Waals surface area contributed by atoms with Gasteiger partial charge in [-0.1, -0.05) is 30.3 Å².